The fourth-order valence-corrected chi connectivity index (χ4v) is 2.58. The lowest BCUT2D eigenvalue weighted by Gasteiger charge is -2.36. The third-order valence-electron chi connectivity index (χ3n) is 4.01. The molecule has 18 heavy (non-hydrogen) atoms. The molecule has 1 aromatic rings. The van der Waals surface area contributed by atoms with Crippen LogP contribution >= 0.6 is 0 Å². The van der Waals surface area contributed by atoms with Crippen molar-refractivity contribution in [2.75, 3.05) is 26.2 Å². The molecule has 2 heteroatoms. The zero-order valence-corrected chi connectivity index (χ0v) is 11.6. The summed E-state index contributed by atoms with van der Waals surface area (Å²) in [5, 5.41) is 3.56. The molecule has 1 fully saturated rings. The number of nitrogens with one attached hydrogen (secondary N) is 1. The molecule has 0 bridgehead atoms. The summed E-state index contributed by atoms with van der Waals surface area (Å²) < 4.78 is 0. The van der Waals surface area contributed by atoms with E-state index in [1.807, 2.05) is 0 Å². The molecule has 0 atom stereocenters. The van der Waals surface area contributed by atoms with Crippen molar-refractivity contribution in [2.24, 2.45) is 0 Å². The van der Waals surface area contributed by atoms with E-state index < -0.39 is 0 Å². The summed E-state index contributed by atoms with van der Waals surface area (Å²) in [7, 11) is 0. The van der Waals surface area contributed by atoms with E-state index in [-0.39, 0.29) is 0 Å². The molecule has 2 nitrogen and oxygen atoms in total. The van der Waals surface area contributed by atoms with Crippen LogP contribution in [0, 0.1) is 0 Å². The third kappa shape index (κ3) is 4.11. The Labute approximate surface area is 111 Å². The first-order valence-electron chi connectivity index (χ1n) is 7.39. The van der Waals surface area contributed by atoms with Crippen molar-refractivity contribution in [3.8, 4) is 0 Å². The first kappa shape index (κ1) is 13.6. The van der Waals surface area contributed by atoms with Gasteiger partial charge in [0.25, 0.3) is 0 Å². The van der Waals surface area contributed by atoms with Gasteiger partial charge in [0, 0.05) is 19.1 Å². The Kier molecular flexibility index (Phi) is 5.69. The Morgan fingerprint density at radius 2 is 1.94 bits per heavy atom. The van der Waals surface area contributed by atoms with Gasteiger partial charge in [-0.3, -0.25) is 4.90 Å². The quantitative estimate of drug-likeness (QED) is 0.710. The lowest BCUT2D eigenvalue weighted by molar-refractivity contribution is 0.135. The number of hydrogen-bond donors (Lipinski definition) is 1. The average molecular weight is 246 g/mol. The molecule has 1 saturated carbocycles. The molecular formula is C16H26N2. The fraction of sp³-hybridized carbons (Fsp3) is 0.625. The molecule has 0 saturated heterocycles. The minimum Gasteiger partial charge on any atom is -0.315 e. The van der Waals surface area contributed by atoms with Crippen LogP contribution in [0.15, 0.2) is 30.3 Å². The Balaban J connectivity index is 1.55. The van der Waals surface area contributed by atoms with Crippen molar-refractivity contribution in [2.45, 2.75) is 38.6 Å². The van der Waals surface area contributed by atoms with Gasteiger partial charge >= 0.3 is 0 Å². The summed E-state index contributed by atoms with van der Waals surface area (Å²) in [5.41, 5.74) is 1.43. The molecule has 0 radical (unpaired) electrons. The number of likely N-dealkylation sites (N-methyl/N-ethyl adjacent to an activating group) is 1. The van der Waals surface area contributed by atoms with Crippen molar-refractivity contribution < 1.29 is 0 Å². The molecule has 1 aliphatic carbocycles. The van der Waals surface area contributed by atoms with Crippen LogP contribution in [-0.4, -0.2) is 37.1 Å². The fourth-order valence-electron chi connectivity index (χ4n) is 2.58. The zero-order chi connectivity index (χ0) is 12.6. The topological polar surface area (TPSA) is 15.3 Å². The largest absolute Gasteiger partial charge is 0.315 e. The van der Waals surface area contributed by atoms with E-state index in [0.717, 1.165) is 25.6 Å². The highest BCUT2D eigenvalue weighted by molar-refractivity contribution is 5.14. The van der Waals surface area contributed by atoms with E-state index >= 15 is 0 Å². The van der Waals surface area contributed by atoms with Crippen LogP contribution in [0.2, 0.25) is 0 Å². The van der Waals surface area contributed by atoms with E-state index in [4.69, 9.17) is 0 Å². The van der Waals surface area contributed by atoms with Crippen LogP contribution in [0.1, 0.15) is 31.7 Å². The Bertz CT molecular complexity index is 319. The van der Waals surface area contributed by atoms with Crippen molar-refractivity contribution in [3.05, 3.63) is 35.9 Å². The predicted octanol–water partition coefficient (Wildman–Crippen LogP) is 2.69. The van der Waals surface area contributed by atoms with Crippen LogP contribution in [0.25, 0.3) is 0 Å². The second-order valence-corrected chi connectivity index (χ2v) is 5.20. The molecule has 1 N–H and O–H groups in total. The number of benzene rings is 1. The molecule has 0 amide bonds. The van der Waals surface area contributed by atoms with Crippen LogP contribution in [0.3, 0.4) is 0 Å². The van der Waals surface area contributed by atoms with Crippen molar-refractivity contribution >= 4 is 0 Å². The van der Waals surface area contributed by atoms with Gasteiger partial charge in [-0.25, -0.2) is 0 Å². The lowest BCUT2D eigenvalue weighted by atomic mass is 9.91. The minimum atomic E-state index is 0.880. The van der Waals surface area contributed by atoms with Gasteiger partial charge < -0.3 is 5.32 Å². The summed E-state index contributed by atoms with van der Waals surface area (Å²) in [6.07, 6.45) is 5.40. The van der Waals surface area contributed by atoms with Gasteiger partial charge in [0.2, 0.25) is 0 Å². The molecular weight excluding hydrogens is 220 g/mol. The van der Waals surface area contributed by atoms with Crippen molar-refractivity contribution in [1.82, 2.24) is 10.2 Å². The molecule has 1 aromatic carbocycles. The predicted molar refractivity (Wildman–Crippen MR) is 77.9 cm³/mol. The van der Waals surface area contributed by atoms with Gasteiger partial charge in [-0.15, -0.1) is 0 Å². The maximum Gasteiger partial charge on any atom is 0.0110 e. The van der Waals surface area contributed by atoms with Gasteiger partial charge in [0.05, 0.1) is 0 Å². The van der Waals surface area contributed by atoms with E-state index in [1.165, 1.54) is 37.9 Å². The molecule has 0 unspecified atom stereocenters. The highest BCUT2D eigenvalue weighted by Gasteiger charge is 2.22. The summed E-state index contributed by atoms with van der Waals surface area (Å²) in [4.78, 5) is 2.62. The molecule has 0 heterocycles. The first-order chi connectivity index (χ1) is 8.90. The van der Waals surface area contributed by atoms with Gasteiger partial charge in [-0.05, 0) is 37.9 Å². The third-order valence-corrected chi connectivity index (χ3v) is 4.01. The summed E-state index contributed by atoms with van der Waals surface area (Å²) >= 11 is 0. The van der Waals surface area contributed by atoms with Crippen LogP contribution < -0.4 is 5.32 Å². The van der Waals surface area contributed by atoms with E-state index in [2.05, 4.69) is 47.5 Å². The van der Waals surface area contributed by atoms with Gasteiger partial charge in [0.1, 0.15) is 0 Å². The number of hydrogen-bond acceptors (Lipinski definition) is 2. The number of nitrogens with zero attached hydrogens (tertiary/aromatic N) is 1. The van der Waals surface area contributed by atoms with Crippen LogP contribution in [-0.2, 0) is 6.42 Å². The second-order valence-electron chi connectivity index (χ2n) is 5.20. The first-order valence-corrected chi connectivity index (χ1v) is 7.39. The van der Waals surface area contributed by atoms with Gasteiger partial charge in [-0.2, -0.15) is 0 Å². The molecule has 1 aliphatic rings. The van der Waals surface area contributed by atoms with Crippen LogP contribution in [0.4, 0.5) is 0 Å². The monoisotopic (exact) mass is 246 g/mol. The standard InChI is InChI=1S/C16H26N2/c1-2-18(16-9-6-10-16)14-13-17-12-11-15-7-4-3-5-8-15/h3-5,7-8,16-17H,2,6,9-14H2,1H3. The summed E-state index contributed by atoms with van der Waals surface area (Å²) in [6, 6.07) is 11.6. The number of rotatable bonds is 8. The Morgan fingerprint density at radius 3 is 2.56 bits per heavy atom. The van der Waals surface area contributed by atoms with Crippen LogP contribution in [0.5, 0.6) is 0 Å². The molecule has 100 valence electrons. The lowest BCUT2D eigenvalue weighted by Crippen LogP contribution is -2.43. The van der Waals surface area contributed by atoms with Crippen molar-refractivity contribution in [3.63, 3.8) is 0 Å². The molecule has 0 aromatic heterocycles. The molecule has 0 aliphatic heterocycles. The molecule has 0 spiro atoms. The van der Waals surface area contributed by atoms with Gasteiger partial charge in [-0.1, -0.05) is 43.7 Å². The minimum absolute atomic E-state index is 0.880. The summed E-state index contributed by atoms with van der Waals surface area (Å²) in [6.45, 7) is 6.90. The molecule has 2 rings (SSSR count). The van der Waals surface area contributed by atoms with E-state index in [9.17, 15) is 0 Å². The highest BCUT2D eigenvalue weighted by atomic mass is 15.2. The van der Waals surface area contributed by atoms with E-state index in [0.29, 0.717) is 0 Å². The van der Waals surface area contributed by atoms with Gasteiger partial charge in [0.15, 0.2) is 0 Å². The zero-order valence-electron chi connectivity index (χ0n) is 11.6. The summed E-state index contributed by atoms with van der Waals surface area (Å²) in [5.74, 6) is 0. The Morgan fingerprint density at radius 1 is 1.17 bits per heavy atom. The maximum atomic E-state index is 3.56. The second kappa shape index (κ2) is 7.55. The highest BCUT2D eigenvalue weighted by Crippen LogP contribution is 2.23. The SMILES string of the molecule is CCN(CCNCCc1ccccc1)C1CCC1. The van der Waals surface area contributed by atoms with E-state index in [1.54, 1.807) is 0 Å². The maximum absolute atomic E-state index is 3.56. The normalized spacial score (nSPS) is 15.9. The van der Waals surface area contributed by atoms with Crippen molar-refractivity contribution in [1.29, 1.82) is 0 Å². The average Bonchev–Trinajstić information content (AvgIpc) is 2.36. The smallest absolute Gasteiger partial charge is 0.0110 e. The Hall–Kier alpha value is -0.860.